The molecule has 110 valence electrons. The number of nitrogens with zero attached hydrogens (tertiary/aromatic N) is 1. The maximum atomic E-state index is 12.7. The summed E-state index contributed by atoms with van der Waals surface area (Å²) in [6.45, 7) is 4.72. The van der Waals surface area contributed by atoms with E-state index in [2.05, 4.69) is 28.2 Å². The van der Waals surface area contributed by atoms with Gasteiger partial charge >= 0.3 is 0 Å². The molecule has 0 bridgehead atoms. The van der Waals surface area contributed by atoms with Crippen molar-refractivity contribution in [3.8, 4) is 5.75 Å². The average Bonchev–Trinajstić information content (AvgIpc) is 2.48. The fraction of sp³-hybridized carbons (Fsp3) is 0.533. The van der Waals surface area contributed by atoms with E-state index in [1.165, 1.54) is 6.07 Å². The van der Waals surface area contributed by atoms with Crippen LogP contribution in [0.5, 0.6) is 5.75 Å². The normalized spacial score (nSPS) is 18.8. The Balaban J connectivity index is 2.18. The summed E-state index contributed by atoms with van der Waals surface area (Å²) in [6.07, 6.45) is 3.08. The predicted molar refractivity (Wildman–Crippen MR) is 83.0 cm³/mol. The quantitative estimate of drug-likeness (QED) is 0.886. The van der Waals surface area contributed by atoms with Crippen LogP contribution >= 0.6 is 15.9 Å². The molecular formula is C15H21BrN2O2. The molecule has 1 atom stereocenters. The van der Waals surface area contributed by atoms with Gasteiger partial charge in [-0.15, -0.1) is 0 Å². The summed E-state index contributed by atoms with van der Waals surface area (Å²) in [5.41, 5.74) is 0.546. The molecule has 4 nitrogen and oxygen atoms in total. The highest BCUT2D eigenvalue weighted by Gasteiger charge is 2.25. The molecule has 1 amide bonds. The minimum Gasteiger partial charge on any atom is -0.507 e. The number of phenols is 1. The third-order valence-corrected chi connectivity index (χ3v) is 4.30. The summed E-state index contributed by atoms with van der Waals surface area (Å²) >= 11 is 3.24. The van der Waals surface area contributed by atoms with E-state index in [-0.39, 0.29) is 17.7 Å². The summed E-state index contributed by atoms with van der Waals surface area (Å²) in [4.78, 5) is 14.6. The number of amides is 1. The van der Waals surface area contributed by atoms with E-state index in [0.29, 0.717) is 10.0 Å². The number of hydrogen-bond acceptors (Lipinski definition) is 3. The summed E-state index contributed by atoms with van der Waals surface area (Å²) < 4.78 is 0.607. The molecule has 1 aromatic rings. The van der Waals surface area contributed by atoms with Crippen molar-refractivity contribution in [2.75, 3.05) is 19.6 Å². The van der Waals surface area contributed by atoms with Crippen molar-refractivity contribution < 1.29 is 9.90 Å². The maximum absolute atomic E-state index is 12.7. The molecule has 0 aromatic heterocycles. The molecule has 1 aromatic carbocycles. The summed E-state index contributed by atoms with van der Waals surface area (Å²) in [6, 6.07) is 5.25. The van der Waals surface area contributed by atoms with Crippen molar-refractivity contribution in [3.05, 3.63) is 28.2 Å². The third-order valence-electron chi connectivity index (χ3n) is 3.63. The Morgan fingerprint density at radius 2 is 2.35 bits per heavy atom. The second-order valence-corrected chi connectivity index (χ2v) is 6.02. The van der Waals surface area contributed by atoms with Gasteiger partial charge in [-0.3, -0.25) is 4.79 Å². The van der Waals surface area contributed by atoms with Crippen LogP contribution in [-0.2, 0) is 0 Å². The lowest BCUT2D eigenvalue weighted by Crippen LogP contribution is -2.49. The average molecular weight is 341 g/mol. The summed E-state index contributed by atoms with van der Waals surface area (Å²) in [7, 11) is 0. The number of phenolic OH excluding ortho intramolecular Hbond substituents is 1. The molecule has 1 aliphatic heterocycles. The van der Waals surface area contributed by atoms with Gasteiger partial charge in [0.15, 0.2) is 0 Å². The molecule has 20 heavy (non-hydrogen) atoms. The van der Waals surface area contributed by atoms with Gasteiger partial charge in [0.25, 0.3) is 5.91 Å². The van der Waals surface area contributed by atoms with Crippen LogP contribution in [0, 0.1) is 0 Å². The van der Waals surface area contributed by atoms with Gasteiger partial charge in [-0.25, -0.2) is 0 Å². The van der Waals surface area contributed by atoms with Crippen LogP contribution in [0.2, 0.25) is 0 Å². The minimum atomic E-state index is 0.00310. The van der Waals surface area contributed by atoms with Crippen molar-refractivity contribution in [2.45, 2.75) is 32.2 Å². The second kappa shape index (κ2) is 7.09. The number of benzene rings is 1. The first-order valence-corrected chi connectivity index (χ1v) is 7.93. The number of hydrogen-bond donors (Lipinski definition) is 2. The van der Waals surface area contributed by atoms with Gasteiger partial charge in [0.1, 0.15) is 5.75 Å². The second-order valence-electron chi connectivity index (χ2n) is 5.16. The fourth-order valence-corrected chi connectivity index (χ4v) is 2.85. The van der Waals surface area contributed by atoms with E-state index in [0.717, 1.165) is 38.9 Å². The third kappa shape index (κ3) is 3.52. The molecule has 0 spiro atoms. The van der Waals surface area contributed by atoms with Crippen molar-refractivity contribution in [3.63, 3.8) is 0 Å². The number of carbonyl (C=O) groups is 1. The predicted octanol–water partition coefficient (Wildman–Crippen LogP) is 2.76. The van der Waals surface area contributed by atoms with Crippen molar-refractivity contribution in [1.29, 1.82) is 0 Å². The first-order valence-electron chi connectivity index (χ1n) is 7.13. The van der Waals surface area contributed by atoms with E-state index in [9.17, 15) is 9.90 Å². The van der Waals surface area contributed by atoms with Crippen LogP contribution in [0.3, 0.4) is 0 Å². The maximum Gasteiger partial charge on any atom is 0.254 e. The number of piperidine rings is 1. The van der Waals surface area contributed by atoms with Crippen LogP contribution in [-0.4, -0.2) is 41.6 Å². The van der Waals surface area contributed by atoms with Crippen LogP contribution < -0.4 is 5.32 Å². The number of carbonyl (C=O) groups excluding carboxylic acids is 1. The lowest BCUT2D eigenvalue weighted by molar-refractivity contribution is 0.0648. The zero-order valence-electron chi connectivity index (χ0n) is 11.7. The van der Waals surface area contributed by atoms with Crippen LogP contribution in [0.15, 0.2) is 22.7 Å². The molecule has 1 fully saturated rings. The van der Waals surface area contributed by atoms with Crippen molar-refractivity contribution in [1.82, 2.24) is 10.2 Å². The van der Waals surface area contributed by atoms with Gasteiger partial charge < -0.3 is 15.3 Å². The first kappa shape index (κ1) is 15.3. The molecular weight excluding hydrogens is 320 g/mol. The number of rotatable bonds is 4. The molecule has 0 aliphatic carbocycles. The highest BCUT2D eigenvalue weighted by atomic mass is 79.9. The molecule has 0 saturated carbocycles. The minimum absolute atomic E-state index is 0.00310. The molecule has 1 aliphatic rings. The van der Waals surface area contributed by atoms with Gasteiger partial charge in [-0.1, -0.05) is 6.92 Å². The van der Waals surface area contributed by atoms with E-state index in [1.807, 2.05) is 4.90 Å². The topological polar surface area (TPSA) is 52.6 Å². The summed E-state index contributed by atoms with van der Waals surface area (Å²) in [5.74, 6) is 0.109. The van der Waals surface area contributed by atoms with Crippen molar-refractivity contribution >= 4 is 21.8 Å². The molecule has 2 rings (SSSR count). The SMILES string of the molecule is CCCN(C(=O)c1ccc(Br)c(O)c1)C1CCCNC1. The monoisotopic (exact) mass is 340 g/mol. The standard InChI is InChI=1S/C15H21BrN2O2/c1-2-8-18(12-4-3-7-17-10-12)15(20)11-5-6-13(16)14(19)9-11/h5-6,9,12,17,19H,2-4,7-8,10H2,1H3. The molecule has 1 saturated heterocycles. The Kier molecular flexibility index (Phi) is 5.43. The van der Waals surface area contributed by atoms with Crippen LogP contribution in [0.4, 0.5) is 0 Å². The number of nitrogens with one attached hydrogen (secondary N) is 1. The first-order chi connectivity index (χ1) is 9.63. The zero-order valence-corrected chi connectivity index (χ0v) is 13.3. The Labute approximate surface area is 128 Å². The Morgan fingerprint density at radius 3 is 2.95 bits per heavy atom. The molecule has 0 radical (unpaired) electrons. The van der Waals surface area contributed by atoms with Gasteiger partial charge in [0.2, 0.25) is 0 Å². The highest BCUT2D eigenvalue weighted by Crippen LogP contribution is 2.25. The Hall–Kier alpha value is -1.07. The lowest BCUT2D eigenvalue weighted by Gasteiger charge is -2.34. The van der Waals surface area contributed by atoms with E-state index < -0.39 is 0 Å². The Bertz CT molecular complexity index is 473. The fourth-order valence-electron chi connectivity index (χ4n) is 2.60. The van der Waals surface area contributed by atoms with Crippen molar-refractivity contribution in [2.24, 2.45) is 0 Å². The Morgan fingerprint density at radius 1 is 1.55 bits per heavy atom. The van der Waals surface area contributed by atoms with Crippen LogP contribution in [0.1, 0.15) is 36.5 Å². The summed E-state index contributed by atoms with van der Waals surface area (Å²) in [5, 5.41) is 13.1. The molecule has 1 unspecified atom stereocenters. The van der Waals surface area contributed by atoms with Gasteiger partial charge in [0, 0.05) is 24.7 Å². The lowest BCUT2D eigenvalue weighted by atomic mass is 10.0. The van der Waals surface area contributed by atoms with E-state index in [4.69, 9.17) is 0 Å². The van der Waals surface area contributed by atoms with E-state index >= 15 is 0 Å². The van der Waals surface area contributed by atoms with Gasteiger partial charge in [-0.05, 0) is 59.9 Å². The molecule has 1 heterocycles. The largest absolute Gasteiger partial charge is 0.507 e. The number of aromatic hydroxyl groups is 1. The highest BCUT2D eigenvalue weighted by molar-refractivity contribution is 9.10. The zero-order chi connectivity index (χ0) is 14.5. The van der Waals surface area contributed by atoms with Crippen LogP contribution in [0.25, 0.3) is 0 Å². The molecule has 2 N–H and O–H groups in total. The molecule has 5 heteroatoms. The van der Waals surface area contributed by atoms with Gasteiger partial charge in [0.05, 0.1) is 4.47 Å². The smallest absolute Gasteiger partial charge is 0.254 e. The van der Waals surface area contributed by atoms with E-state index in [1.54, 1.807) is 12.1 Å². The van der Waals surface area contributed by atoms with Gasteiger partial charge in [-0.2, -0.15) is 0 Å². The number of halogens is 1.